The molecule has 0 spiro atoms. The molecule has 7 nitrogen and oxygen atoms in total. The Morgan fingerprint density at radius 2 is 2.04 bits per heavy atom. The number of rotatable bonds is 5. The molecule has 1 fully saturated rings. The Morgan fingerprint density at radius 3 is 2.67 bits per heavy atom. The Kier molecular flexibility index (Phi) is 6.01. The van der Waals surface area contributed by atoms with Gasteiger partial charge in [0, 0.05) is 13.0 Å². The van der Waals surface area contributed by atoms with Crippen LogP contribution in [0, 0.1) is 0 Å². The van der Waals surface area contributed by atoms with Gasteiger partial charge >= 0.3 is 5.69 Å². The zero-order valence-electron chi connectivity index (χ0n) is 15.4. The SMILES string of the molecule is CCc1nn(-c2ccc(Cl)c(C(=O)NCC3(O)CCCCCC3)c2)c(=O)[nH]1. The van der Waals surface area contributed by atoms with Crippen LogP contribution >= 0.6 is 11.6 Å². The van der Waals surface area contributed by atoms with Crippen molar-refractivity contribution in [3.63, 3.8) is 0 Å². The normalized spacial score (nSPS) is 16.7. The smallest absolute Gasteiger partial charge is 0.348 e. The van der Waals surface area contributed by atoms with Gasteiger partial charge in [0.1, 0.15) is 5.82 Å². The maximum atomic E-state index is 12.6. The Balaban J connectivity index is 1.78. The Bertz CT molecular complexity index is 866. The highest BCUT2D eigenvalue weighted by atomic mass is 35.5. The predicted molar refractivity (Wildman–Crippen MR) is 104 cm³/mol. The van der Waals surface area contributed by atoms with Crippen LogP contribution in [0.2, 0.25) is 5.02 Å². The second-order valence-corrected chi connectivity index (χ2v) is 7.53. The second-order valence-electron chi connectivity index (χ2n) is 7.13. The third-order valence-corrected chi connectivity index (χ3v) is 5.38. The minimum Gasteiger partial charge on any atom is -0.388 e. The van der Waals surface area contributed by atoms with Crippen molar-refractivity contribution in [1.29, 1.82) is 0 Å². The van der Waals surface area contributed by atoms with Gasteiger partial charge in [-0.3, -0.25) is 9.78 Å². The molecule has 1 aromatic heterocycles. The minimum atomic E-state index is -0.870. The van der Waals surface area contributed by atoms with E-state index in [0.29, 0.717) is 30.8 Å². The molecule has 0 bridgehead atoms. The van der Waals surface area contributed by atoms with Gasteiger partial charge in [0.25, 0.3) is 5.91 Å². The van der Waals surface area contributed by atoms with Gasteiger partial charge in [0.15, 0.2) is 0 Å². The number of nitrogens with zero attached hydrogens (tertiary/aromatic N) is 2. The number of aryl methyl sites for hydroxylation is 1. The molecule has 3 N–H and O–H groups in total. The van der Waals surface area contributed by atoms with Crippen molar-refractivity contribution < 1.29 is 9.90 Å². The summed E-state index contributed by atoms with van der Waals surface area (Å²) in [5, 5.41) is 18.0. The molecule has 0 aliphatic heterocycles. The molecule has 1 aliphatic rings. The first kappa shape index (κ1) is 19.6. The Morgan fingerprint density at radius 1 is 1.33 bits per heavy atom. The Labute approximate surface area is 162 Å². The number of hydrogen-bond acceptors (Lipinski definition) is 4. The summed E-state index contributed by atoms with van der Waals surface area (Å²) in [5.41, 5.74) is -0.530. The standard InChI is InChI=1S/C19H25ClN4O3/c1-2-16-22-18(26)24(23-16)13-7-8-15(20)14(11-13)17(25)21-12-19(27)9-5-3-4-6-10-19/h7-8,11,27H,2-6,9-10,12H2,1H3,(H,21,25)(H,22,23,26). The maximum absolute atomic E-state index is 12.6. The van der Waals surface area contributed by atoms with Crippen molar-refractivity contribution in [1.82, 2.24) is 20.1 Å². The fourth-order valence-electron chi connectivity index (χ4n) is 3.42. The summed E-state index contributed by atoms with van der Waals surface area (Å²) in [6.07, 6.45) is 6.12. The lowest BCUT2D eigenvalue weighted by Crippen LogP contribution is -2.42. The van der Waals surface area contributed by atoms with Gasteiger partial charge in [-0.1, -0.05) is 44.2 Å². The topological polar surface area (TPSA) is 100 Å². The molecule has 0 radical (unpaired) electrons. The molecule has 1 saturated carbocycles. The van der Waals surface area contributed by atoms with Crippen LogP contribution in [-0.2, 0) is 6.42 Å². The zero-order chi connectivity index (χ0) is 19.4. The van der Waals surface area contributed by atoms with Crippen molar-refractivity contribution >= 4 is 17.5 Å². The summed E-state index contributed by atoms with van der Waals surface area (Å²) in [6.45, 7) is 2.08. The van der Waals surface area contributed by atoms with E-state index in [1.165, 1.54) is 10.7 Å². The predicted octanol–water partition coefficient (Wildman–Crippen LogP) is 2.59. The summed E-state index contributed by atoms with van der Waals surface area (Å²) >= 11 is 6.19. The average Bonchev–Trinajstić information content (AvgIpc) is 2.90. The van der Waals surface area contributed by atoms with E-state index in [1.54, 1.807) is 12.1 Å². The highest BCUT2D eigenvalue weighted by Gasteiger charge is 2.28. The van der Waals surface area contributed by atoms with Crippen LogP contribution in [-0.4, -0.2) is 37.9 Å². The summed E-state index contributed by atoms with van der Waals surface area (Å²) in [6, 6.07) is 4.75. The number of aromatic nitrogens is 3. The summed E-state index contributed by atoms with van der Waals surface area (Å²) < 4.78 is 1.21. The summed E-state index contributed by atoms with van der Waals surface area (Å²) in [5.74, 6) is 0.190. The number of hydrogen-bond donors (Lipinski definition) is 3. The van der Waals surface area contributed by atoms with Crippen molar-refractivity contribution in [2.75, 3.05) is 6.54 Å². The molecular formula is C19H25ClN4O3. The lowest BCUT2D eigenvalue weighted by molar-refractivity contribution is 0.0246. The van der Waals surface area contributed by atoms with Gasteiger partial charge in [-0.05, 0) is 31.0 Å². The highest BCUT2D eigenvalue weighted by molar-refractivity contribution is 6.33. The van der Waals surface area contributed by atoms with Crippen LogP contribution in [0.4, 0.5) is 0 Å². The largest absolute Gasteiger partial charge is 0.388 e. The van der Waals surface area contributed by atoms with E-state index in [1.807, 2.05) is 6.92 Å². The van der Waals surface area contributed by atoms with Crippen LogP contribution in [0.1, 0.15) is 61.6 Å². The van der Waals surface area contributed by atoms with E-state index in [9.17, 15) is 14.7 Å². The van der Waals surface area contributed by atoms with Crippen molar-refractivity contribution in [3.8, 4) is 5.69 Å². The first-order valence-corrected chi connectivity index (χ1v) is 9.78. The minimum absolute atomic E-state index is 0.189. The molecule has 0 unspecified atom stereocenters. The number of amides is 1. The van der Waals surface area contributed by atoms with Crippen molar-refractivity contribution in [2.45, 2.75) is 57.5 Å². The molecule has 1 heterocycles. The van der Waals surface area contributed by atoms with Crippen LogP contribution in [0.15, 0.2) is 23.0 Å². The maximum Gasteiger partial charge on any atom is 0.348 e. The lowest BCUT2D eigenvalue weighted by Gasteiger charge is -2.26. The molecule has 1 aromatic carbocycles. The molecule has 8 heteroatoms. The van der Waals surface area contributed by atoms with Crippen LogP contribution < -0.4 is 11.0 Å². The molecule has 0 atom stereocenters. The number of halogens is 1. The number of benzene rings is 1. The number of aliphatic hydroxyl groups is 1. The summed E-state index contributed by atoms with van der Waals surface area (Å²) in [7, 11) is 0. The average molecular weight is 393 g/mol. The molecule has 0 saturated heterocycles. The summed E-state index contributed by atoms with van der Waals surface area (Å²) in [4.78, 5) is 27.4. The van der Waals surface area contributed by atoms with E-state index in [-0.39, 0.29) is 28.7 Å². The number of nitrogens with one attached hydrogen (secondary N) is 2. The fourth-order valence-corrected chi connectivity index (χ4v) is 3.63. The molecule has 146 valence electrons. The van der Waals surface area contributed by atoms with Gasteiger partial charge < -0.3 is 10.4 Å². The number of carbonyl (C=O) groups excluding carboxylic acids is 1. The fraction of sp³-hybridized carbons (Fsp3) is 0.526. The third-order valence-electron chi connectivity index (χ3n) is 5.05. The van der Waals surface area contributed by atoms with E-state index in [2.05, 4.69) is 15.4 Å². The Hall–Kier alpha value is -2.12. The van der Waals surface area contributed by atoms with Gasteiger partial charge in [0.05, 0.1) is 21.9 Å². The first-order chi connectivity index (χ1) is 12.9. The van der Waals surface area contributed by atoms with E-state index >= 15 is 0 Å². The van der Waals surface area contributed by atoms with Gasteiger partial charge in [-0.25, -0.2) is 4.79 Å². The first-order valence-electron chi connectivity index (χ1n) is 9.40. The van der Waals surface area contributed by atoms with E-state index in [0.717, 1.165) is 25.7 Å². The van der Waals surface area contributed by atoms with E-state index < -0.39 is 5.60 Å². The number of aromatic amines is 1. The van der Waals surface area contributed by atoms with Crippen molar-refractivity contribution in [2.24, 2.45) is 0 Å². The van der Waals surface area contributed by atoms with Gasteiger partial charge in [-0.2, -0.15) is 9.78 Å². The lowest BCUT2D eigenvalue weighted by atomic mass is 9.94. The quantitative estimate of drug-likeness (QED) is 0.681. The molecule has 2 aromatic rings. The second kappa shape index (κ2) is 8.27. The zero-order valence-corrected chi connectivity index (χ0v) is 16.2. The van der Waals surface area contributed by atoms with Crippen molar-refractivity contribution in [3.05, 3.63) is 45.1 Å². The number of carbonyl (C=O) groups is 1. The van der Waals surface area contributed by atoms with Crippen LogP contribution in [0.3, 0.4) is 0 Å². The molecule has 1 aliphatic carbocycles. The monoisotopic (exact) mass is 392 g/mol. The van der Waals surface area contributed by atoms with Crippen LogP contribution in [0.25, 0.3) is 5.69 Å². The molecule has 1 amide bonds. The van der Waals surface area contributed by atoms with Crippen LogP contribution in [0.5, 0.6) is 0 Å². The molecule has 3 rings (SSSR count). The van der Waals surface area contributed by atoms with Gasteiger partial charge in [0.2, 0.25) is 0 Å². The molecule has 27 heavy (non-hydrogen) atoms. The molecular weight excluding hydrogens is 368 g/mol. The third kappa shape index (κ3) is 4.59. The van der Waals surface area contributed by atoms with E-state index in [4.69, 9.17) is 11.6 Å². The number of H-pyrrole nitrogens is 1. The van der Waals surface area contributed by atoms with Gasteiger partial charge in [-0.15, -0.1) is 0 Å². The highest BCUT2D eigenvalue weighted by Crippen LogP contribution is 2.26.